The van der Waals surface area contributed by atoms with E-state index in [9.17, 15) is 22.7 Å². The number of hydrogen-bond donors (Lipinski definition) is 2. The topological polar surface area (TPSA) is 86.7 Å². The van der Waals surface area contributed by atoms with Crippen molar-refractivity contribution in [2.75, 3.05) is 13.6 Å². The quantitative estimate of drug-likeness (QED) is 0.700. The molecule has 0 aromatic heterocycles. The Bertz CT molecular complexity index is 990. The van der Waals surface area contributed by atoms with Crippen LogP contribution in [0.4, 0.5) is 4.39 Å². The number of amides is 1. The summed E-state index contributed by atoms with van der Waals surface area (Å²) in [5.41, 5.74) is 0.528. The molecule has 6 nitrogen and oxygen atoms in total. The number of hydrogen-bond acceptors (Lipinski definition) is 4. The van der Waals surface area contributed by atoms with Crippen LogP contribution in [0.15, 0.2) is 53.4 Å². The minimum Gasteiger partial charge on any atom is -0.387 e. The molecule has 1 amide bonds. The second kappa shape index (κ2) is 9.68. The van der Waals surface area contributed by atoms with Gasteiger partial charge in [0.1, 0.15) is 5.82 Å². The van der Waals surface area contributed by atoms with Crippen LogP contribution in [0.25, 0.3) is 0 Å². The van der Waals surface area contributed by atoms with E-state index in [1.165, 1.54) is 46.8 Å². The van der Waals surface area contributed by atoms with Gasteiger partial charge in [0.05, 0.1) is 11.0 Å². The van der Waals surface area contributed by atoms with Gasteiger partial charge in [0.15, 0.2) is 0 Å². The van der Waals surface area contributed by atoms with Crippen LogP contribution in [-0.4, -0.2) is 43.4 Å². The Kier molecular flexibility index (Phi) is 7.23. The van der Waals surface area contributed by atoms with Gasteiger partial charge in [0.2, 0.25) is 10.0 Å². The monoisotopic (exact) mass is 434 g/mol. The van der Waals surface area contributed by atoms with Crippen LogP contribution in [0.2, 0.25) is 0 Å². The predicted molar refractivity (Wildman–Crippen MR) is 112 cm³/mol. The Morgan fingerprint density at radius 1 is 1.17 bits per heavy atom. The lowest BCUT2D eigenvalue weighted by molar-refractivity contribution is 0.0916. The van der Waals surface area contributed by atoms with Crippen molar-refractivity contribution >= 4 is 15.9 Å². The lowest BCUT2D eigenvalue weighted by Gasteiger charge is -2.30. The van der Waals surface area contributed by atoms with Crippen molar-refractivity contribution in [1.82, 2.24) is 9.62 Å². The highest BCUT2D eigenvalue weighted by Crippen LogP contribution is 2.26. The van der Waals surface area contributed by atoms with Crippen molar-refractivity contribution in [3.8, 4) is 0 Å². The maximum atomic E-state index is 13.3. The number of rotatable bonds is 7. The standard InChI is InChI=1S/C22H27FN2O4S/c1-25(19-10-3-2-4-11-19)30(28,29)20-12-6-8-17(14-20)22(27)24-15-21(26)16-7-5-9-18(23)13-16/h5-9,12-14,19,21,26H,2-4,10-11,15H2,1H3,(H,24,27). The van der Waals surface area contributed by atoms with Crippen LogP contribution in [0.1, 0.15) is 54.1 Å². The van der Waals surface area contributed by atoms with E-state index in [4.69, 9.17) is 0 Å². The van der Waals surface area contributed by atoms with Gasteiger partial charge in [-0.1, -0.05) is 37.5 Å². The third-order valence-electron chi connectivity index (χ3n) is 5.55. The largest absolute Gasteiger partial charge is 0.387 e. The lowest BCUT2D eigenvalue weighted by atomic mass is 9.96. The zero-order chi connectivity index (χ0) is 21.7. The molecule has 1 fully saturated rings. The maximum absolute atomic E-state index is 13.3. The molecule has 0 heterocycles. The zero-order valence-electron chi connectivity index (χ0n) is 16.9. The molecule has 0 spiro atoms. The first-order chi connectivity index (χ1) is 14.3. The number of carbonyl (C=O) groups excluding carboxylic acids is 1. The first-order valence-corrected chi connectivity index (χ1v) is 11.5. The molecule has 0 saturated heterocycles. The van der Waals surface area contributed by atoms with Gasteiger partial charge in [0, 0.05) is 25.2 Å². The van der Waals surface area contributed by atoms with Gasteiger partial charge in [-0.3, -0.25) is 4.79 Å². The van der Waals surface area contributed by atoms with Gasteiger partial charge in [-0.05, 0) is 48.7 Å². The van der Waals surface area contributed by atoms with E-state index < -0.39 is 27.9 Å². The SMILES string of the molecule is CN(C1CCCCC1)S(=O)(=O)c1cccc(C(=O)NCC(O)c2cccc(F)c2)c1. The van der Waals surface area contributed by atoms with Crippen LogP contribution in [0.3, 0.4) is 0 Å². The first-order valence-electron chi connectivity index (χ1n) is 10.1. The van der Waals surface area contributed by atoms with Crippen LogP contribution in [0, 0.1) is 5.82 Å². The minimum absolute atomic E-state index is 0.0253. The van der Waals surface area contributed by atoms with Crippen LogP contribution >= 0.6 is 0 Å². The summed E-state index contributed by atoms with van der Waals surface area (Å²) < 4.78 is 40.7. The van der Waals surface area contributed by atoms with Gasteiger partial charge in [-0.2, -0.15) is 4.31 Å². The summed E-state index contributed by atoms with van der Waals surface area (Å²) in [6, 6.07) is 11.4. The Morgan fingerprint density at radius 3 is 2.57 bits per heavy atom. The van der Waals surface area contributed by atoms with Crippen molar-refractivity contribution in [2.24, 2.45) is 0 Å². The highest BCUT2D eigenvalue weighted by Gasteiger charge is 2.29. The third kappa shape index (κ3) is 5.24. The van der Waals surface area contributed by atoms with Gasteiger partial charge in [-0.15, -0.1) is 0 Å². The molecule has 0 radical (unpaired) electrons. The molecule has 8 heteroatoms. The second-order valence-electron chi connectivity index (χ2n) is 7.62. The summed E-state index contributed by atoms with van der Waals surface area (Å²) >= 11 is 0. The fourth-order valence-electron chi connectivity index (χ4n) is 3.73. The molecule has 3 rings (SSSR count). The number of nitrogens with one attached hydrogen (secondary N) is 1. The third-order valence-corrected chi connectivity index (χ3v) is 7.46. The highest BCUT2D eigenvalue weighted by atomic mass is 32.2. The molecule has 2 aromatic rings. The highest BCUT2D eigenvalue weighted by molar-refractivity contribution is 7.89. The van der Waals surface area contributed by atoms with E-state index in [-0.39, 0.29) is 23.0 Å². The minimum atomic E-state index is -3.71. The van der Waals surface area contributed by atoms with Gasteiger partial charge >= 0.3 is 0 Å². The number of carbonyl (C=O) groups is 1. The smallest absolute Gasteiger partial charge is 0.251 e. The van der Waals surface area contributed by atoms with E-state index in [1.54, 1.807) is 13.1 Å². The Labute approximate surface area is 176 Å². The van der Waals surface area contributed by atoms with Gasteiger partial charge in [-0.25, -0.2) is 12.8 Å². The number of aliphatic hydroxyl groups is 1. The number of benzene rings is 2. The molecule has 1 aliphatic rings. The van der Waals surface area contributed by atoms with E-state index in [0.29, 0.717) is 5.56 Å². The van der Waals surface area contributed by atoms with E-state index in [1.807, 2.05) is 0 Å². The number of nitrogens with zero attached hydrogens (tertiary/aromatic N) is 1. The van der Waals surface area contributed by atoms with Crippen LogP contribution in [0.5, 0.6) is 0 Å². The number of aliphatic hydroxyl groups excluding tert-OH is 1. The molecule has 1 saturated carbocycles. The van der Waals surface area contributed by atoms with Crippen molar-refractivity contribution in [3.05, 3.63) is 65.5 Å². The lowest BCUT2D eigenvalue weighted by Crippen LogP contribution is -2.38. The van der Waals surface area contributed by atoms with Crippen molar-refractivity contribution < 1.29 is 22.7 Å². The van der Waals surface area contributed by atoms with E-state index in [2.05, 4.69) is 5.32 Å². The summed E-state index contributed by atoms with van der Waals surface area (Å²) in [5, 5.41) is 12.7. The normalized spacial score (nSPS) is 16.4. The average Bonchev–Trinajstić information content (AvgIpc) is 2.77. The summed E-state index contributed by atoms with van der Waals surface area (Å²) in [4.78, 5) is 12.6. The summed E-state index contributed by atoms with van der Waals surface area (Å²) in [6.45, 7) is -0.124. The molecule has 0 bridgehead atoms. The Balaban J connectivity index is 1.68. The molecule has 1 atom stereocenters. The average molecular weight is 435 g/mol. The molecule has 2 N–H and O–H groups in total. The molecule has 2 aromatic carbocycles. The second-order valence-corrected chi connectivity index (χ2v) is 9.62. The summed E-state index contributed by atoms with van der Waals surface area (Å²) in [5.74, 6) is -0.985. The number of sulfonamides is 1. The van der Waals surface area contributed by atoms with Crippen molar-refractivity contribution in [3.63, 3.8) is 0 Å². The summed E-state index contributed by atoms with van der Waals surface area (Å²) in [7, 11) is -2.12. The van der Waals surface area contributed by atoms with Crippen LogP contribution in [-0.2, 0) is 10.0 Å². The zero-order valence-corrected chi connectivity index (χ0v) is 17.7. The molecular weight excluding hydrogens is 407 g/mol. The van der Waals surface area contributed by atoms with Crippen molar-refractivity contribution in [2.45, 2.75) is 49.1 Å². The fourth-order valence-corrected chi connectivity index (χ4v) is 5.19. The Morgan fingerprint density at radius 2 is 1.87 bits per heavy atom. The molecule has 1 unspecified atom stereocenters. The van der Waals surface area contributed by atoms with Crippen molar-refractivity contribution in [1.29, 1.82) is 0 Å². The van der Waals surface area contributed by atoms with Crippen LogP contribution < -0.4 is 5.32 Å². The Hall–Kier alpha value is -2.29. The van der Waals surface area contributed by atoms with E-state index >= 15 is 0 Å². The van der Waals surface area contributed by atoms with E-state index in [0.717, 1.165) is 32.1 Å². The van der Waals surface area contributed by atoms with Gasteiger partial charge in [0.25, 0.3) is 5.91 Å². The summed E-state index contributed by atoms with van der Waals surface area (Å²) in [6.07, 6.45) is 3.76. The fraction of sp³-hybridized carbons (Fsp3) is 0.409. The first kappa shape index (κ1) is 22.4. The molecule has 1 aliphatic carbocycles. The number of halogens is 1. The molecule has 0 aliphatic heterocycles. The van der Waals surface area contributed by atoms with Gasteiger partial charge < -0.3 is 10.4 Å². The molecule has 30 heavy (non-hydrogen) atoms. The molecular formula is C22H27FN2O4S. The predicted octanol–water partition coefficient (Wildman–Crippen LogP) is 3.24. The maximum Gasteiger partial charge on any atom is 0.251 e. The molecule has 162 valence electrons.